The van der Waals surface area contributed by atoms with Crippen molar-refractivity contribution in [1.29, 1.82) is 0 Å². The topological polar surface area (TPSA) is 20.3 Å². The highest BCUT2D eigenvalue weighted by Crippen LogP contribution is 2.11. The Hall–Kier alpha value is -1.83. The van der Waals surface area contributed by atoms with Gasteiger partial charge in [-0.2, -0.15) is 0 Å². The Labute approximate surface area is 110 Å². The Morgan fingerprint density at radius 1 is 1.28 bits per heavy atom. The molecule has 0 spiro atoms. The standard InChI is InChI=1S/C16H21NO/c1-5-14-7-6-8-15(12-14)11-13(2)9-10-16(18)17(3)4/h6-12H,5H2,1-4H3. The number of hydrogen-bond donors (Lipinski definition) is 0. The number of allylic oxidation sites excluding steroid dienone is 2. The lowest BCUT2D eigenvalue weighted by molar-refractivity contribution is -0.123. The highest BCUT2D eigenvalue weighted by molar-refractivity contribution is 5.87. The summed E-state index contributed by atoms with van der Waals surface area (Å²) in [4.78, 5) is 13.0. The van der Waals surface area contributed by atoms with Gasteiger partial charge in [0.15, 0.2) is 0 Å². The molecule has 0 aromatic heterocycles. The predicted octanol–water partition coefficient (Wildman–Crippen LogP) is 3.30. The molecule has 1 amide bonds. The van der Waals surface area contributed by atoms with Crippen molar-refractivity contribution in [2.75, 3.05) is 14.1 Å². The van der Waals surface area contributed by atoms with Crippen molar-refractivity contribution in [2.24, 2.45) is 0 Å². The second kappa shape index (κ2) is 6.80. The second-order valence-corrected chi connectivity index (χ2v) is 4.55. The van der Waals surface area contributed by atoms with E-state index in [1.807, 2.05) is 13.0 Å². The van der Waals surface area contributed by atoms with E-state index in [-0.39, 0.29) is 5.91 Å². The molecule has 96 valence electrons. The summed E-state index contributed by atoms with van der Waals surface area (Å²) < 4.78 is 0. The first kappa shape index (κ1) is 14.2. The molecule has 1 aromatic rings. The van der Waals surface area contributed by atoms with E-state index in [1.165, 1.54) is 11.1 Å². The van der Waals surface area contributed by atoms with E-state index in [0.717, 1.165) is 12.0 Å². The molecule has 0 aliphatic heterocycles. The summed E-state index contributed by atoms with van der Waals surface area (Å²) in [6.45, 7) is 4.14. The number of aryl methyl sites for hydroxylation is 1. The molecule has 0 aliphatic carbocycles. The molecule has 0 atom stereocenters. The number of nitrogens with zero attached hydrogens (tertiary/aromatic N) is 1. The first-order chi connectivity index (χ1) is 8.52. The third-order valence-electron chi connectivity index (χ3n) is 2.68. The fourth-order valence-corrected chi connectivity index (χ4v) is 1.57. The zero-order chi connectivity index (χ0) is 13.5. The summed E-state index contributed by atoms with van der Waals surface area (Å²) in [6.07, 6.45) is 6.56. The number of carbonyl (C=O) groups is 1. The molecule has 0 N–H and O–H groups in total. The van der Waals surface area contributed by atoms with Crippen LogP contribution in [0.1, 0.15) is 25.0 Å². The van der Waals surface area contributed by atoms with Gasteiger partial charge in [-0.1, -0.05) is 48.9 Å². The van der Waals surface area contributed by atoms with Crippen LogP contribution in [0.2, 0.25) is 0 Å². The number of rotatable bonds is 4. The third kappa shape index (κ3) is 4.58. The minimum atomic E-state index is 0.00468. The first-order valence-corrected chi connectivity index (χ1v) is 6.19. The van der Waals surface area contributed by atoms with Gasteiger partial charge in [-0.3, -0.25) is 4.79 Å². The average Bonchev–Trinajstić information content (AvgIpc) is 2.36. The monoisotopic (exact) mass is 243 g/mol. The Kier molecular flexibility index (Phi) is 5.37. The zero-order valence-electron chi connectivity index (χ0n) is 11.6. The molecule has 0 saturated carbocycles. The summed E-state index contributed by atoms with van der Waals surface area (Å²) in [7, 11) is 3.49. The third-order valence-corrected chi connectivity index (χ3v) is 2.68. The lowest BCUT2D eigenvalue weighted by Gasteiger charge is -2.05. The van der Waals surface area contributed by atoms with Crippen molar-refractivity contribution in [2.45, 2.75) is 20.3 Å². The molecule has 0 fully saturated rings. The number of hydrogen-bond acceptors (Lipinski definition) is 1. The maximum Gasteiger partial charge on any atom is 0.246 e. The normalized spacial score (nSPS) is 11.9. The molecule has 0 unspecified atom stereocenters. The summed E-state index contributed by atoms with van der Waals surface area (Å²) in [6, 6.07) is 8.43. The van der Waals surface area contributed by atoms with Crippen LogP contribution in [0.5, 0.6) is 0 Å². The quantitative estimate of drug-likeness (QED) is 0.587. The van der Waals surface area contributed by atoms with Crippen LogP contribution in [-0.2, 0) is 11.2 Å². The van der Waals surface area contributed by atoms with Crippen molar-refractivity contribution in [3.8, 4) is 0 Å². The highest BCUT2D eigenvalue weighted by atomic mass is 16.2. The van der Waals surface area contributed by atoms with Crippen molar-refractivity contribution in [3.63, 3.8) is 0 Å². The van der Waals surface area contributed by atoms with E-state index in [9.17, 15) is 4.79 Å². The second-order valence-electron chi connectivity index (χ2n) is 4.55. The van der Waals surface area contributed by atoms with E-state index in [1.54, 1.807) is 25.1 Å². The smallest absolute Gasteiger partial charge is 0.246 e. The highest BCUT2D eigenvalue weighted by Gasteiger charge is 1.96. The first-order valence-electron chi connectivity index (χ1n) is 6.19. The van der Waals surface area contributed by atoms with Gasteiger partial charge in [0.25, 0.3) is 0 Å². The van der Waals surface area contributed by atoms with Gasteiger partial charge in [0.05, 0.1) is 0 Å². The van der Waals surface area contributed by atoms with Gasteiger partial charge in [-0.05, 0) is 24.5 Å². The van der Waals surface area contributed by atoms with Gasteiger partial charge >= 0.3 is 0 Å². The molecule has 1 aromatic carbocycles. The maximum atomic E-state index is 11.4. The fraction of sp³-hybridized carbons (Fsp3) is 0.312. The molecule has 2 nitrogen and oxygen atoms in total. The van der Waals surface area contributed by atoms with E-state index >= 15 is 0 Å². The van der Waals surface area contributed by atoms with Crippen LogP contribution in [0.3, 0.4) is 0 Å². The van der Waals surface area contributed by atoms with Crippen molar-refractivity contribution < 1.29 is 4.79 Å². The number of carbonyl (C=O) groups excluding carboxylic acids is 1. The minimum Gasteiger partial charge on any atom is -0.345 e. The van der Waals surface area contributed by atoms with Crippen LogP contribution in [0, 0.1) is 0 Å². The van der Waals surface area contributed by atoms with Crippen LogP contribution in [0.15, 0.2) is 42.0 Å². The minimum absolute atomic E-state index is 0.00468. The molecule has 0 heterocycles. The Morgan fingerprint density at radius 2 is 2.00 bits per heavy atom. The van der Waals surface area contributed by atoms with E-state index < -0.39 is 0 Å². The number of amides is 1. The molecule has 18 heavy (non-hydrogen) atoms. The summed E-state index contributed by atoms with van der Waals surface area (Å²) in [5.41, 5.74) is 3.57. The van der Waals surface area contributed by atoms with Crippen LogP contribution < -0.4 is 0 Å². The SMILES string of the molecule is CCc1cccc(C=C(C)C=CC(=O)N(C)C)c1. The Bertz CT molecular complexity index is 470. The van der Waals surface area contributed by atoms with Gasteiger partial charge < -0.3 is 4.90 Å². The van der Waals surface area contributed by atoms with Crippen LogP contribution in [-0.4, -0.2) is 24.9 Å². The lowest BCUT2D eigenvalue weighted by atomic mass is 10.1. The number of benzene rings is 1. The fourth-order valence-electron chi connectivity index (χ4n) is 1.57. The molecule has 0 saturated heterocycles. The Balaban J connectivity index is 2.79. The molecule has 0 aliphatic rings. The largest absolute Gasteiger partial charge is 0.345 e. The maximum absolute atomic E-state index is 11.4. The van der Waals surface area contributed by atoms with Gasteiger partial charge in [0.1, 0.15) is 0 Å². The van der Waals surface area contributed by atoms with Gasteiger partial charge in [0.2, 0.25) is 5.91 Å². The van der Waals surface area contributed by atoms with Crippen LogP contribution >= 0.6 is 0 Å². The van der Waals surface area contributed by atoms with E-state index in [2.05, 4.69) is 37.3 Å². The molecular weight excluding hydrogens is 222 g/mol. The van der Waals surface area contributed by atoms with Crippen molar-refractivity contribution in [3.05, 3.63) is 53.1 Å². The van der Waals surface area contributed by atoms with E-state index in [4.69, 9.17) is 0 Å². The molecule has 1 rings (SSSR count). The summed E-state index contributed by atoms with van der Waals surface area (Å²) in [5, 5.41) is 0. The zero-order valence-corrected chi connectivity index (χ0v) is 11.6. The molecule has 0 radical (unpaired) electrons. The Morgan fingerprint density at radius 3 is 2.61 bits per heavy atom. The predicted molar refractivity (Wildman–Crippen MR) is 77.3 cm³/mol. The molecule has 0 bridgehead atoms. The van der Waals surface area contributed by atoms with Crippen molar-refractivity contribution in [1.82, 2.24) is 4.90 Å². The van der Waals surface area contributed by atoms with E-state index in [0.29, 0.717) is 0 Å². The van der Waals surface area contributed by atoms with Crippen LogP contribution in [0.25, 0.3) is 6.08 Å². The lowest BCUT2D eigenvalue weighted by Crippen LogP contribution is -2.18. The number of likely N-dealkylation sites (N-methyl/N-ethyl adjacent to an activating group) is 1. The summed E-state index contributed by atoms with van der Waals surface area (Å²) in [5.74, 6) is 0.00468. The van der Waals surface area contributed by atoms with Gasteiger partial charge in [-0.15, -0.1) is 0 Å². The van der Waals surface area contributed by atoms with Crippen LogP contribution in [0.4, 0.5) is 0 Å². The van der Waals surface area contributed by atoms with Gasteiger partial charge in [0, 0.05) is 20.2 Å². The van der Waals surface area contributed by atoms with Gasteiger partial charge in [-0.25, -0.2) is 0 Å². The van der Waals surface area contributed by atoms with Crippen molar-refractivity contribution >= 4 is 12.0 Å². The average molecular weight is 243 g/mol. The summed E-state index contributed by atoms with van der Waals surface area (Å²) >= 11 is 0. The molecular formula is C16H21NO. The molecule has 2 heteroatoms.